The molecule has 1 aromatic heterocycles. The number of alkyl halides is 2. The molecule has 168 valence electrons. The zero-order valence-electron chi connectivity index (χ0n) is 17.0. The normalized spacial score (nSPS) is 10.7. The number of nitro groups is 1. The number of hydrogen-bond donors (Lipinski definition) is 1. The third kappa shape index (κ3) is 5.50. The second-order valence-corrected chi connectivity index (χ2v) is 6.46. The van der Waals surface area contributed by atoms with Crippen molar-refractivity contribution < 1.29 is 37.1 Å². The van der Waals surface area contributed by atoms with Crippen molar-refractivity contribution in [3.05, 3.63) is 75.7 Å². The number of carbonyl (C=O) groups excluding carboxylic acids is 1. The maximum absolute atomic E-state index is 12.4. The van der Waals surface area contributed by atoms with Crippen molar-refractivity contribution >= 4 is 17.3 Å². The Balaban J connectivity index is 1.62. The monoisotopic (exact) mass is 448 g/mol. The lowest BCUT2D eigenvalue weighted by Crippen LogP contribution is -2.11. The van der Waals surface area contributed by atoms with E-state index in [-0.39, 0.29) is 35.2 Å². The van der Waals surface area contributed by atoms with Crippen LogP contribution in [0.25, 0.3) is 0 Å². The van der Waals surface area contributed by atoms with Crippen LogP contribution in [0, 0.1) is 17.0 Å². The lowest BCUT2D eigenvalue weighted by Gasteiger charge is -2.11. The molecule has 0 saturated carbocycles. The smallest absolute Gasteiger partial charge is 0.387 e. The number of nitrogens with zero attached hydrogens (tertiary/aromatic N) is 1. The lowest BCUT2D eigenvalue weighted by molar-refractivity contribution is -0.385. The molecule has 3 rings (SSSR count). The molecular weight excluding hydrogens is 430 g/mol. The summed E-state index contributed by atoms with van der Waals surface area (Å²) in [5.41, 5.74) is 0.719. The molecule has 1 amide bonds. The second kappa shape index (κ2) is 9.77. The SMILES string of the molecule is COc1cc(NC(=O)c2ccc(COc3ccc([N+](=O)[O-])c(C)c3)o2)ccc1OC(F)F. The van der Waals surface area contributed by atoms with E-state index in [0.29, 0.717) is 17.1 Å². The molecule has 1 heterocycles. The number of anilines is 1. The van der Waals surface area contributed by atoms with Crippen molar-refractivity contribution in [2.45, 2.75) is 20.1 Å². The number of nitrogens with one attached hydrogen (secondary N) is 1. The number of ether oxygens (including phenoxy) is 3. The van der Waals surface area contributed by atoms with Crippen LogP contribution in [-0.4, -0.2) is 24.6 Å². The van der Waals surface area contributed by atoms with Crippen LogP contribution >= 0.6 is 0 Å². The van der Waals surface area contributed by atoms with E-state index in [0.717, 1.165) is 0 Å². The van der Waals surface area contributed by atoms with Crippen LogP contribution in [0.1, 0.15) is 21.9 Å². The van der Waals surface area contributed by atoms with E-state index in [2.05, 4.69) is 10.1 Å². The second-order valence-electron chi connectivity index (χ2n) is 6.46. The summed E-state index contributed by atoms with van der Waals surface area (Å²) >= 11 is 0. The number of nitro benzene ring substituents is 1. The molecule has 2 aromatic carbocycles. The van der Waals surface area contributed by atoms with E-state index in [1.807, 2.05) is 0 Å². The third-order valence-corrected chi connectivity index (χ3v) is 4.27. The Bertz CT molecular complexity index is 1130. The number of halogens is 2. The van der Waals surface area contributed by atoms with Gasteiger partial charge < -0.3 is 23.9 Å². The summed E-state index contributed by atoms with van der Waals surface area (Å²) < 4.78 is 45.2. The number of carbonyl (C=O) groups is 1. The minimum Gasteiger partial charge on any atom is -0.493 e. The summed E-state index contributed by atoms with van der Waals surface area (Å²) in [6.07, 6.45) is 0. The summed E-state index contributed by atoms with van der Waals surface area (Å²) in [7, 11) is 1.28. The fourth-order valence-corrected chi connectivity index (χ4v) is 2.79. The molecule has 0 atom stereocenters. The first kappa shape index (κ1) is 22.5. The molecule has 0 radical (unpaired) electrons. The highest BCUT2D eigenvalue weighted by atomic mass is 19.3. The highest BCUT2D eigenvalue weighted by Gasteiger charge is 2.16. The van der Waals surface area contributed by atoms with Gasteiger partial charge in [-0.1, -0.05) is 0 Å². The van der Waals surface area contributed by atoms with Crippen molar-refractivity contribution in [1.82, 2.24) is 0 Å². The van der Waals surface area contributed by atoms with Gasteiger partial charge in [0.1, 0.15) is 18.1 Å². The van der Waals surface area contributed by atoms with E-state index in [4.69, 9.17) is 13.9 Å². The minimum absolute atomic E-state index is 0.00197. The van der Waals surface area contributed by atoms with Crippen LogP contribution < -0.4 is 19.5 Å². The molecule has 9 nitrogen and oxygen atoms in total. The van der Waals surface area contributed by atoms with E-state index in [1.165, 1.54) is 49.6 Å². The molecule has 0 spiro atoms. The van der Waals surface area contributed by atoms with Crippen LogP contribution in [0.4, 0.5) is 20.2 Å². The molecule has 0 aliphatic carbocycles. The summed E-state index contributed by atoms with van der Waals surface area (Å²) in [6.45, 7) is -1.41. The number of benzene rings is 2. The number of hydrogen-bond acceptors (Lipinski definition) is 7. The first-order valence-corrected chi connectivity index (χ1v) is 9.17. The van der Waals surface area contributed by atoms with Crippen LogP contribution in [0.3, 0.4) is 0 Å². The van der Waals surface area contributed by atoms with Crippen LogP contribution in [0.15, 0.2) is 52.9 Å². The van der Waals surface area contributed by atoms with Gasteiger partial charge in [0.25, 0.3) is 11.6 Å². The minimum atomic E-state index is -3.01. The summed E-state index contributed by atoms with van der Waals surface area (Å²) in [6, 6.07) is 11.3. The molecule has 0 bridgehead atoms. The van der Waals surface area contributed by atoms with E-state index >= 15 is 0 Å². The fraction of sp³-hybridized carbons (Fsp3) is 0.190. The quantitative estimate of drug-likeness (QED) is 0.364. The first-order chi connectivity index (χ1) is 15.3. The summed E-state index contributed by atoms with van der Waals surface area (Å²) in [4.78, 5) is 22.8. The molecule has 3 aromatic rings. The average Bonchev–Trinajstić information content (AvgIpc) is 3.22. The van der Waals surface area contributed by atoms with Crippen molar-refractivity contribution in [1.29, 1.82) is 0 Å². The Labute approximate surface area is 180 Å². The van der Waals surface area contributed by atoms with Gasteiger partial charge in [0.05, 0.1) is 12.0 Å². The number of rotatable bonds is 9. The zero-order chi connectivity index (χ0) is 23.3. The van der Waals surface area contributed by atoms with Crippen LogP contribution in [-0.2, 0) is 6.61 Å². The third-order valence-electron chi connectivity index (χ3n) is 4.27. The number of methoxy groups -OCH3 is 1. The Morgan fingerprint density at radius 3 is 2.59 bits per heavy atom. The molecular formula is C21H18F2N2O7. The molecule has 32 heavy (non-hydrogen) atoms. The van der Waals surface area contributed by atoms with E-state index < -0.39 is 17.4 Å². The molecule has 11 heteroatoms. The Hall–Kier alpha value is -4.15. The molecule has 0 saturated heterocycles. The maximum atomic E-state index is 12.4. The number of amides is 1. The van der Waals surface area contributed by atoms with E-state index in [1.54, 1.807) is 13.0 Å². The van der Waals surface area contributed by atoms with Gasteiger partial charge in [0.15, 0.2) is 17.3 Å². The van der Waals surface area contributed by atoms with Crippen LogP contribution in [0.2, 0.25) is 0 Å². The van der Waals surface area contributed by atoms with Gasteiger partial charge >= 0.3 is 6.61 Å². The first-order valence-electron chi connectivity index (χ1n) is 9.17. The summed E-state index contributed by atoms with van der Waals surface area (Å²) in [5, 5.41) is 13.4. The van der Waals surface area contributed by atoms with Gasteiger partial charge in [-0.05, 0) is 43.3 Å². The predicted octanol–water partition coefficient (Wildman–Crippen LogP) is 4.94. The average molecular weight is 448 g/mol. The highest BCUT2D eigenvalue weighted by Crippen LogP contribution is 2.31. The van der Waals surface area contributed by atoms with Crippen LogP contribution in [0.5, 0.6) is 17.2 Å². The Morgan fingerprint density at radius 1 is 1.16 bits per heavy atom. The lowest BCUT2D eigenvalue weighted by atomic mass is 10.2. The van der Waals surface area contributed by atoms with Gasteiger partial charge in [-0.3, -0.25) is 14.9 Å². The summed E-state index contributed by atoms with van der Waals surface area (Å²) in [5.74, 6) is 0.0370. The molecule has 0 aliphatic heterocycles. The topological polar surface area (TPSA) is 113 Å². The van der Waals surface area contributed by atoms with Gasteiger partial charge in [-0.25, -0.2) is 0 Å². The molecule has 0 unspecified atom stereocenters. The molecule has 0 aliphatic rings. The maximum Gasteiger partial charge on any atom is 0.387 e. The van der Waals surface area contributed by atoms with Crippen molar-refractivity contribution in [2.24, 2.45) is 0 Å². The Kier molecular flexibility index (Phi) is 6.88. The number of furan rings is 1. The van der Waals surface area contributed by atoms with E-state index in [9.17, 15) is 23.7 Å². The van der Waals surface area contributed by atoms with Crippen molar-refractivity contribution in [2.75, 3.05) is 12.4 Å². The predicted molar refractivity (Wildman–Crippen MR) is 108 cm³/mol. The zero-order valence-corrected chi connectivity index (χ0v) is 17.0. The standard InChI is InChI=1S/C21H18F2N2O7/c1-12-9-14(4-6-16(12)25(27)28)30-11-15-5-8-18(31-15)20(26)24-13-3-7-17(32-21(22)23)19(10-13)29-2/h3-10,21H,11H2,1-2H3,(H,24,26). The van der Waals surface area contributed by atoms with Gasteiger partial charge in [0, 0.05) is 23.4 Å². The number of aryl methyl sites for hydroxylation is 1. The fourth-order valence-electron chi connectivity index (χ4n) is 2.79. The molecule has 1 N–H and O–H groups in total. The molecule has 0 fully saturated rings. The largest absolute Gasteiger partial charge is 0.493 e. The van der Waals surface area contributed by atoms with Crippen molar-refractivity contribution in [3.8, 4) is 17.2 Å². The Morgan fingerprint density at radius 2 is 1.94 bits per heavy atom. The highest BCUT2D eigenvalue weighted by molar-refractivity contribution is 6.02. The van der Waals surface area contributed by atoms with Gasteiger partial charge in [0.2, 0.25) is 0 Å². The van der Waals surface area contributed by atoms with Gasteiger partial charge in [-0.2, -0.15) is 8.78 Å². The van der Waals surface area contributed by atoms with Crippen molar-refractivity contribution in [3.63, 3.8) is 0 Å². The van der Waals surface area contributed by atoms with Gasteiger partial charge in [-0.15, -0.1) is 0 Å².